The quantitative estimate of drug-likeness (QED) is 0.845. The van der Waals surface area contributed by atoms with Crippen LogP contribution in [0.4, 0.5) is 0 Å². The monoisotopic (exact) mass is 275 g/mol. The number of likely N-dealkylation sites (tertiary alicyclic amines) is 1. The first-order chi connectivity index (χ1) is 9.24. The zero-order valence-electron chi connectivity index (χ0n) is 11.0. The minimum atomic E-state index is 0.0790. The van der Waals surface area contributed by atoms with Gasteiger partial charge in [0.1, 0.15) is 5.69 Å². The number of piperidine rings is 1. The Morgan fingerprint density at radius 1 is 1.32 bits per heavy atom. The molecule has 1 aliphatic rings. The highest BCUT2D eigenvalue weighted by Gasteiger charge is 2.25. The molecule has 5 heteroatoms. The van der Waals surface area contributed by atoms with Gasteiger partial charge < -0.3 is 9.47 Å². The molecule has 0 atom stereocenters. The average Bonchev–Trinajstić information content (AvgIpc) is 3.09. The number of hydrogen-bond donors (Lipinski definition) is 0. The van der Waals surface area contributed by atoms with Gasteiger partial charge in [-0.3, -0.25) is 4.79 Å². The van der Waals surface area contributed by atoms with Gasteiger partial charge in [-0.25, -0.2) is 4.98 Å². The third-order valence-electron chi connectivity index (χ3n) is 3.64. The molecule has 0 N–H and O–H groups in total. The molecule has 100 valence electrons. The zero-order chi connectivity index (χ0) is 13.2. The lowest BCUT2D eigenvalue weighted by molar-refractivity contribution is 0.0689. The second-order valence-corrected chi connectivity index (χ2v) is 5.97. The van der Waals surface area contributed by atoms with Gasteiger partial charge in [-0.05, 0) is 31.9 Å². The fourth-order valence-electron chi connectivity index (χ4n) is 2.58. The van der Waals surface area contributed by atoms with Crippen LogP contribution in [0.5, 0.6) is 0 Å². The third-order valence-corrected chi connectivity index (χ3v) is 4.41. The molecule has 19 heavy (non-hydrogen) atoms. The topological polar surface area (TPSA) is 38.1 Å². The molecule has 0 unspecified atom stereocenters. The largest absolute Gasteiger partial charge is 0.351 e. The summed E-state index contributed by atoms with van der Waals surface area (Å²) in [7, 11) is 0. The van der Waals surface area contributed by atoms with Crippen LogP contribution in [0.1, 0.15) is 34.4 Å². The number of carbonyl (C=O) groups excluding carboxylic acids is 1. The molecule has 3 heterocycles. The molecule has 0 bridgehead atoms. The number of rotatable bonds is 2. The molecule has 1 aliphatic heterocycles. The standard InChI is InChI=1S/C14H17N3OS/c1-11-15-13(10-19-11)14(18)17-8-4-12(5-9-17)16-6-2-3-7-16/h2-3,6-7,10,12H,4-5,8-9H2,1H3. The van der Waals surface area contributed by atoms with E-state index < -0.39 is 0 Å². The highest BCUT2D eigenvalue weighted by molar-refractivity contribution is 7.09. The van der Waals surface area contributed by atoms with Crippen molar-refractivity contribution in [1.82, 2.24) is 14.5 Å². The smallest absolute Gasteiger partial charge is 0.273 e. The van der Waals surface area contributed by atoms with Crippen LogP contribution in [0.2, 0.25) is 0 Å². The van der Waals surface area contributed by atoms with Crippen molar-refractivity contribution < 1.29 is 4.79 Å². The van der Waals surface area contributed by atoms with Crippen LogP contribution in [-0.2, 0) is 0 Å². The average molecular weight is 275 g/mol. The molecule has 3 rings (SSSR count). The van der Waals surface area contributed by atoms with Crippen LogP contribution < -0.4 is 0 Å². The van der Waals surface area contributed by atoms with Crippen molar-refractivity contribution in [2.45, 2.75) is 25.8 Å². The van der Waals surface area contributed by atoms with Gasteiger partial charge in [0.2, 0.25) is 0 Å². The van der Waals surface area contributed by atoms with Crippen LogP contribution in [0.15, 0.2) is 29.9 Å². The number of hydrogen-bond acceptors (Lipinski definition) is 3. The maximum absolute atomic E-state index is 12.3. The van der Waals surface area contributed by atoms with Crippen LogP contribution in [0.25, 0.3) is 0 Å². The number of carbonyl (C=O) groups is 1. The molecule has 0 radical (unpaired) electrons. The Morgan fingerprint density at radius 3 is 2.58 bits per heavy atom. The zero-order valence-corrected chi connectivity index (χ0v) is 11.8. The Morgan fingerprint density at radius 2 is 2.00 bits per heavy atom. The summed E-state index contributed by atoms with van der Waals surface area (Å²) in [6.07, 6.45) is 6.24. The van der Waals surface area contributed by atoms with E-state index in [9.17, 15) is 4.79 Å². The molecule has 0 aromatic carbocycles. The predicted octanol–water partition coefficient (Wildman–Crippen LogP) is 2.73. The van der Waals surface area contributed by atoms with E-state index in [0.717, 1.165) is 30.9 Å². The highest BCUT2D eigenvalue weighted by atomic mass is 32.1. The minimum absolute atomic E-state index is 0.0790. The van der Waals surface area contributed by atoms with Gasteiger partial charge >= 0.3 is 0 Å². The first-order valence-corrected chi connectivity index (χ1v) is 7.46. The first-order valence-electron chi connectivity index (χ1n) is 6.58. The molecule has 0 aliphatic carbocycles. The van der Waals surface area contributed by atoms with Crippen molar-refractivity contribution in [2.24, 2.45) is 0 Å². The van der Waals surface area contributed by atoms with E-state index in [1.165, 1.54) is 11.3 Å². The molecular formula is C14H17N3OS. The van der Waals surface area contributed by atoms with E-state index in [1.807, 2.05) is 17.2 Å². The van der Waals surface area contributed by atoms with Crippen molar-refractivity contribution in [3.05, 3.63) is 40.6 Å². The van der Waals surface area contributed by atoms with E-state index >= 15 is 0 Å². The first kappa shape index (κ1) is 12.4. The molecule has 2 aromatic heterocycles. The lowest BCUT2D eigenvalue weighted by Gasteiger charge is -2.32. The SMILES string of the molecule is Cc1nc(C(=O)N2CCC(n3cccc3)CC2)cs1. The summed E-state index contributed by atoms with van der Waals surface area (Å²) < 4.78 is 2.24. The predicted molar refractivity (Wildman–Crippen MR) is 75.5 cm³/mol. The number of aromatic nitrogens is 2. The fraction of sp³-hybridized carbons (Fsp3) is 0.429. The number of nitrogens with zero attached hydrogens (tertiary/aromatic N) is 3. The van der Waals surface area contributed by atoms with E-state index in [2.05, 4.69) is 34.1 Å². The van der Waals surface area contributed by atoms with E-state index in [4.69, 9.17) is 0 Å². The summed E-state index contributed by atoms with van der Waals surface area (Å²) in [6, 6.07) is 4.63. The highest BCUT2D eigenvalue weighted by Crippen LogP contribution is 2.23. The second kappa shape index (κ2) is 5.17. The number of aryl methyl sites for hydroxylation is 1. The summed E-state index contributed by atoms with van der Waals surface area (Å²) in [4.78, 5) is 18.5. The van der Waals surface area contributed by atoms with Crippen LogP contribution in [-0.4, -0.2) is 33.4 Å². The Bertz CT molecular complexity index is 553. The summed E-state index contributed by atoms with van der Waals surface area (Å²) in [6.45, 7) is 3.57. The Balaban J connectivity index is 1.62. The Labute approximate surface area is 116 Å². The summed E-state index contributed by atoms with van der Waals surface area (Å²) in [5.41, 5.74) is 0.599. The molecule has 0 saturated carbocycles. The Hall–Kier alpha value is -1.62. The van der Waals surface area contributed by atoms with Gasteiger partial charge in [-0.15, -0.1) is 11.3 Å². The summed E-state index contributed by atoms with van der Waals surface area (Å²) in [5.74, 6) is 0.0790. The molecule has 1 amide bonds. The van der Waals surface area contributed by atoms with Gasteiger partial charge in [-0.2, -0.15) is 0 Å². The van der Waals surface area contributed by atoms with Gasteiger partial charge in [0.15, 0.2) is 0 Å². The van der Waals surface area contributed by atoms with Crippen molar-refractivity contribution >= 4 is 17.2 Å². The van der Waals surface area contributed by atoms with Crippen LogP contribution in [0.3, 0.4) is 0 Å². The molecule has 1 saturated heterocycles. The van der Waals surface area contributed by atoms with Gasteiger partial charge in [-0.1, -0.05) is 0 Å². The number of amides is 1. The maximum Gasteiger partial charge on any atom is 0.273 e. The normalized spacial score (nSPS) is 16.8. The van der Waals surface area contributed by atoms with E-state index in [-0.39, 0.29) is 5.91 Å². The fourth-order valence-corrected chi connectivity index (χ4v) is 3.17. The number of thiazole rings is 1. The summed E-state index contributed by atoms with van der Waals surface area (Å²) in [5, 5.41) is 2.81. The molecule has 0 spiro atoms. The second-order valence-electron chi connectivity index (χ2n) is 4.91. The van der Waals surface area contributed by atoms with Gasteiger partial charge in [0.25, 0.3) is 5.91 Å². The third kappa shape index (κ3) is 2.56. The van der Waals surface area contributed by atoms with Crippen LogP contribution in [0, 0.1) is 6.92 Å². The van der Waals surface area contributed by atoms with Crippen LogP contribution >= 0.6 is 11.3 Å². The molecular weight excluding hydrogens is 258 g/mol. The minimum Gasteiger partial charge on any atom is -0.351 e. The lowest BCUT2D eigenvalue weighted by atomic mass is 10.0. The molecule has 2 aromatic rings. The van der Waals surface area contributed by atoms with Crippen molar-refractivity contribution in [3.8, 4) is 0 Å². The van der Waals surface area contributed by atoms with Crippen molar-refractivity contribution in [2.75, 3.05) is 13.1 Å². The van der Waals surface area contributed by atoms with E-state index in [1.54, 1.807) is 0 Å². The lowest BCUT2D eigenvalue weighted by Crippen LogP contribution is -2.39. The van der Waals surface area contributed by atoms with Gasteiger partial charge in [0.05, 0.1) is 5.01 Å². The Kier molecular flexibility index (Phi) is 3.38. The summed E-state index contributed by atoms with van der Waals surface area (Å²) >= 11 is 1.53. The van der Waals surface area contributed by atoms with E-state index in [0.29, 0.717) is 11.7 Å². The van der Waals surface area contributed by atoms with Crippen molar-refractivity contribution in [3.63, 3.8) is 0 Å². The van der Waals surface area contributed by atoms with Crippen molar-refractivity contribution in [1.29, 1.82) is 0 Å². The molecule has 1 fully saturated rings. The molecule has 4 nitrogen and oxygen atoms in total. The maximum atomic E-state index is 12.3. The van der Waals surface area contributed by atoms with Gasteiger partial charge in [0, 0.05) is 36.9 Å².